The number of sulfonamides is 1. The molecule has 1 atom stereocenters. The second-order valence-corrected chi connectivity index (χ2v) is 11.8. The Hall–Kier alpha value is -2.42. The van der Waals surface area contributed by atoms with Crippen molar-refractivity contribution >= 4 is 44.3 Å². The average molecular weight is 484 g/mol. The maximum Gasteiger partial charge on any atom is 0.243 e. The predicted octanol–water partition coefficient (Wildman–Crippen LogP) is 5.15. The van der Waals surface area contributed by atoms with Gasteiger partial charge in [0.2, 0.25) is 15.9 Å². The molecule has 1 aromatic heterocycles. The number of anilines is 1. The van der Waals surface area contributed by atoms with Crippen LogP contribution in [0.2, 0.25) is 0 Å². The number of aryl methyl sites for hydroxylation is 2. The van der Waals surface area contributed by atoms with Gasteiger partial charge in [-0.05, 0) is 75.6 Å². The second kappa shape index (κ2) is 9.83. The molecule has 0 aliphatic carbocycles. The lowest BCUT2D eigenvalue weighted by Gasteiger charge is -2.26. The monoisotopic (exact) mass is 483 g/mol. The zero-order chi connectivity index (χ0) is 23.6. The maximum absolute atomic E-state index is 13.1. The van der Waals surface area contributed by atoms with Crippen molar-refractivity contribution in [2.24, 2.45) is 0 Å². The molecule has 0 saturated carbocycles. The standard InChI is InChI=1S/C25H29N3O3S2/c1-17-7-9-20(10-8-17)26-25(29)19(3)32-24-15-18(2)22-16-21(11-12-23(22)27-24)33(30,31)28-13-5-4-6-14-28/h7-12,15-16,19H,4-6,13-14H2,1-3H3,(H,26,29)/t19-/m1/s1. The highest BCUT2D eigenvalue weighted by Gasteiger charge is 2.26. The van der Waals surface area contributed by atoms with Crippen molar-refractivity contribution in [2.45, 2.75) is 55.2 Å². The summed E-state index contributed by atoms with van der Waals surface area (Å²) < 4.78 is 27.7. The number of benzene rings is 2. The van der Waals surface area contributed by atoms with Crippen LogP contribution in [0.25, 0.3) is 10.9 Å². The maximum atomic E-state index is 13.1. The van der Waals surface area contributed by atoms with Crippen LogP contribution in [0.15, 0.2) is 58.5 Å². The quantitative estimate of drug-likeness (QED) is 0.491. The number of carbonyl (C=O) groups excluding carboxylic acids is 1. The van der Waals surface area contributed by atoms with E-state index in [0.29, 0.717) is 18.0 Å². The zero-order valence-electron chi connectivity index (χ0n) is 19.2. The zero-order valence-corrected chi connectivity index (χ0v) is 20.8. The van der Waals surface area contributed by atoms with Gasteiger partial charge in [-0.1, -0.05) is 35.9 Å². The molecule has 6 nitrogen and oxygen atoms in total. The van der Waals surface area contributed by atoms with Crippen molar-refractivity contribution in [3.8, 4) is 0 Å². The fraction of sp³-hybridized carbons (Fsp3) is 0.360. The first-order chi connectivity index (χ1) is 15.7. The van der Waals surface area contributed by atoms with Crippen LogP contribution in [0.5, 0.6) is 0 Å². The molecule has 0 spiro atoms. The molecule has 1 amide bonds. The van der Waals surface area contributed by atoms with Crippen LogP contribution < -0.4 is 5.32 Å². The number of nitrogens with one attached hydrogen (secondary N) is 1. The van der Waals surface area contributed by atoms with E-state index in [2.05, 4.69) is 10.3 Å². The van der Waals surface area contributed by atoms with Crippen LogP contribution in [0.1, 0.15) is 37.3 Å². The lowest BCUT2D eigenvalue weighted by molar-refractivity contribution is -0.115. The van der Waals surface area contributed by atoms with Gasteiger partial charge in [-0.25, -0.2) is 13.4 Å². The molecule has 174 valence electrons. The summed E-state index contributed by atoms with van der Waals surface area (Å²) in [6.45, 7) is 6.96. The van der Waals surface area contributed by atoms with Crippen LogP contribution >= 0.6 is 11.8 Å². The highest BCUT2D eigenvalue weighted by atomic mass is 32.2. The van der Waals surface area contributed by atoms with Crippen molar-refractivity contribution in [3.63, 3.8) is 0 Å². The van der Waals surface area contributed by atoms with E-state index in [9.17, 15) is 13.2 Å². The second-order valence-electron chi connectivity index (χ2n) is 8.54. The van der Waals surface area contributed by atoms with E-state index in [0.717, 1.165) is 52.0 Å². The molecule has 1 aliphatic heterocycles. The lowest BCUT2D eigenvalue weighted by atomic mass is 10.1. The summed E-state index contributed by atoms with van der Waals surface area (Å²) in [4.78, 5) is 17.6. The molecule has 1 N–H and O–H groups in total. The van der Waals surface area contributed by atoms with Crippen molar-refractivity contribution in [1.82, 2.24) is 9.29 Å². The number of aromatic nitrogens is 1. The van der Waals surface area contributed by atoms with Gasteiger partial charge < -0.3 is 5.32 Å². The SMILES string of the molecule is Cc1ccc(NC(=O)[C@@H](C)Sc2cc(C)c3cc(S(=O)(=O)N4CCCCC4)ccc3n2)cc1. The molecule has 4 rings (SSSR count). The molecule has 33 heavy (non-hydrogen) atoms. The van der Waals surface area contributed by atoms with Gasteiger partial charge in [0.15, 0.2) is 0 Å². The van der Waals surface area contributed by atoms with Crippen molar-refractivity contribution in [1.29, 1.82) is 0 Å². The molecular weight excluding hydrogens is 454 g/mol. The van der Waals surface area contributed by atoms with Crippen molar-refractivity contribution < 1.29 is 13.2 Å². The molecule has 0 radical (unpaired) electrons. The summed E-state index contributed by atoms with van der Waals surface area (Å²) >= 11 is 1.39. The third kappa shape index (κ3) is 5.39. The van der Waals surface area contributed by atoms with Gasteiger partial charge >= 0.3 is 0 Å². The number of rotatable bonds is 6. The number of fused-ring (bicyclic) bond motifs is 1. The van der Waals surface area contributed by atoms with Gasteiger partial charge in [-0.3, -0.25) is 4.79 Å². The fourth-order valence-electron chi connectivity index (χ4n) is 3.93. The highest BCUT2D eigenvalue weighted by molar-refractivity contribution is 8.00. The normalized spacial score (nSPS) is 16.0. The molecule has 3 aromatic rings. The average Bonchev–Trinajstić information content (AvgIpc) is 2.81. The van der Waals surface area contributed by atoms with Gasteiger partial charge in [0.25, 0.3) is 0 Å². The van der Waals surface area contributed by atoms with E-state index < -0.39 is 10.0 Å². The Morgan fingerprint density at radius 1 is 1.03 bits per heavy atom. The summed E-state index contributed by atoms with van der Waals surface area (Å²) in [6, 6.07) is 14.7. The van der Waals surface area contributed by atoms with Gasteiger partial charge in [0, 0.05) is 24.2 Å². The predicted molar refractivity (Wildman–Crippen MR) is 134 cm³/mol. The van der Waals surface area contributed by atoms with Crippen LogP contribution in [0.3, 0.4) is 0 Å². The van der Waals surface area contributed by atoms with Crippen LogP contribution in [-0.4, -0.2) is 42.0 Å². The summed E-state index contributed by atoms with van der Waals surface area (Å²) in [6.07, 6.45) is 2.89. The number of nitrogens with zero attached hydrogens (tertiary/aromatic N) is 2. The minimum Gasteiger partial charge on any atom is -0.325 e. The molecule has 2 heterocycles. The third-order valence-corrected chi connectivity index (χ3v) is 8.82. The third-order valence-electron chi connectivity index (χ3n) is 5.90. The summed E-state index contributed by atoms with van der Waals surface area (Å²) in [5, 5.41) is 4.15. The van der Waals surface area contributed by atoms with E-state index in [-0.39, 0.29) is 11.2 Å². The van der Waals surface area contributed by atoms with E-state index in [1.54, 1.807) is 22.5 Å². The molecule has 1 aliphatic rings. The van der Waals surface area contributed by atoms with Crippen LogP contribution in [-0.2, 0) is 14.8 Å². The Bertz CT molecular complexity index is 1270. The number of piperidine rings is 1. The molecule has 1 saturated heterocycles. The van der Waals surface area contributed by atoms with E-state index in [1.165, 1.54) is 11.8 Å². The van der Waals surface area contributed by atoms with Crippen molar-refractivity contribution in [2.75, 3.05) is 18.4 Å². The topological polar surface area (TPSA) is 79.4 Å². The fourth-order valence-corrected chi connectivity index (χ4v) is 6.40. The number of carbonyl (C=O) groups is 1. The first-order valence-electron chi connectivity index (χ1n) is 11.2. The Labute approximate surface area is 199 Å². The van der Waals surface area contributed by atoms with Crippen LogP contribution in [0, 0.1) is 13.8 Å². The van der Waals surface area contributed by atoms with Gasteiger partial charge in [0.1, 0.15) is 0 Å². The minimum absolute atomic E-state index is 0.0913. The molecule has 0 unspecified atom stereocenters. The largest absolute Gasteiger partial charge is 0.325 e. The Kier molecular flexibility index (Phi) is 7.07. The Morgan fingerprint density at radius 2 is 1.73 bits per heavy atom. The molecule has 0 bridgehead atoms. The van der Waals surface area contributed by atoms with E-state index in [1.807, 2.05) is 51.1 Å². The first-order valence-corrected chi connectivity index (χ1v) is 13.5. The number of amides is 1. The Balaban J connectivity index is 1.52. The number of hydrogen-bond acceptors (Lipinski definition) is 5. The number of hydrogen-bond donors (Lipinski definition) is 1. The highest BCUT2D eigenvalue weighted by Crippen LogP contribution is 2.30. The van der Waals surface area contributed by atoms with Crippen molar-refractivity contribution in [3.05, 3.63) is 59.7 Å². The van der Waals surface area contributed by atoms with E-state index >= 15 is 0 Å². The molecule has 1 fully saturated rings. The van der Waals surface area contributed by atoms with Gasteiger partial charge in [-0.2, -0.15) is 4.31 Å². The molecular formula is C25H29N3O3S2. The van der Waals surface area contributed by atoms with Gasteiger partial charge in [-0.15, -0.1) is 0 Å². The summed E-state index contributed by atoms with van der Waals surface area (Å²) in [5.74, 6) is -0.0913. The first kappa shape index (κ1) is 23.7. The number of pyridine rings is 1. The summed E-state index contributed by atoms with van der Waals surface area (Å²) in [7, 11) is -3.50. The summed E-state index contributed by atoms with van der Waals surface area (Å²) in [5.41, 5.74) is 3.56. The lowest BCUT2D eigenvalue weighted by Crippen LogP contribution is -2.35. The van der Waals surface area contributed by atoms with E-state index in [4.69, 9.17) is 0 Å². The minimum atomic E-state index is -3.50. The molecule has 2 aromatic carbocycles. The van der Waals surface area contributed by atoms with Crippen LogP contribution in [0.4, 0.5) is 5.69 Å². The number of thioether (sulfide) groups is 1. The Morgan fingerprint density at radius 3 is 2.42 bits per heavy atom. The smallest absolute Gasteiger partial charge is 0.243 e. The molecule has 8 heteroatoms. The van der Waals surface area contributed by atoms with Gasteiger partial charge in [0.05, 0.1) is 20.7 Å².